The van der Waals surface area contributed by atoms with Gasteiger partial charge in [-0.25, -0.2) is 8.42 Å². The lowest BCUT2D eigenvalue weighted by Gasteiger charge is -2.19. The van der Waals surface area contributed by atoms with Crippen LogP contribution in [0.3, 0.4) is 0 Å². The van der Waals surface area contributed by atoms with Crippen LogP contribution in [0.5, 0.6) is 0 Å². The fraction of sp³-hybridized carbons (Fsp3) is 0.227. The minimum absolute atomic E-state index is 0.0761. The van der Waals surface area contributed by atoms with E-state index in [1.807, 2.05) is 12.1 Å². The number of halogens is 1. The average Bonchev–Trinajstić information content (AvgIpc) is 3.38. The molecule has 4 rings (SSSR count). The molecule has 0 spiro atoms. The highest BCUT2D eigenvalue weighted by Gasteiger charge is 2.22. The van der Waals surface area contributed by atoms with Crippen LogP contribution in [0.1, 0.15) is 32.2 Å². The molecule has 2 aromatic heterocycles. The summed E-state index contributed by atoms with van der Waals surface area (Å²) in [5.41, 5.74) is 1.79. The second kappa shape index (κ2) is 8.07. The van der Waals surface area contributed by atoms with E-state index in [0.717, 1.165) is 5.56 Å². The van der Waals surface area contributed by atoms with Crippen molar-refractivity contribution in [1.29, 1.82) is 0 Å². The van der Waals surface area contributed by atoms with Crippen molar-refractivity contribution in [3.05, 3.63) is 71.1 Å². The van der Waals surface area contributed by atoms with Crippen molar-refractivity contribution in [1.82, 2.24) is 25.0 Å². The number of nitrogens with zero attached hydrogens (tertiary/aromatic N) is 4. The van der Waals surface area contributed by atoms with Gasteiger partial charge in [-0.2, -0.15) is 5.10 Å². The number of aromatic amines is 1. The predicted octanol–water partition coefficient (Wildman–Crippen LogP) is 4.72. The number of rotatable bonds is 5. The maximum absolute atomic E-state index is 13.1. The summed E-state index contributed by atoms with van der Waals surface area (Å²) in [6.45, 7) is 8.01. The lowest BCUT2D eigenvalue weighted by molar-refractivity contribution is 0.587. The van der Waals surface area contributed by atoms with Crippen LogP contribution >= 0.6 is 11.6 Å². The second-order valence-electron chi connectivity index (χ2n) is 8.41. The van der Waals surface area contributed by atoms with Gasteiger partial charge in [-0.1, -0.05) is 44.5 Å². The van der Waals surface area contributed by atoms with Crippen LogP contribution in [-0.4, -0.2) is 33.4 Å². The van der Waals surface area contributed by atoms with Gasteiger partial charge in [-0.3, -0.25) is 14.4 Å². The Labute approximate surface area is 191 Å². The lowest BCUT2D eigenvalue weighted by Crippen LogP contribution is -2.15. The third-order valence-corrected chi connectivity index (χ3v) is 6.65. The van der Waals surface area contributed by atoms with E-state index in [1.165, 1.54) is 0 Å². The molecule has 0 aliphatic carbocycles. The molecule has 0 radical (unpaired) electrons. The molecule has 0 bridgehead atoms. The third kappa shape index (κ3) is 4.26. The number of sulfonamides is 1. The molecule has 0 saturated heterocycles. The van der Waals surface area contributed by atoms with Crippen molar-refractivity contribution in [2.24, 2.45) is 0 Å². The van der Waals surface area contributed by atoms with Crippen LogP contribution in [-0.2, 0) is 15.4 Å². The number of aromatic nitrogens is 5. The first-order valence-corrected chi connectivity index (χ1v) is 11.8. The second-order valence-corrected chi connectivity index (χ2v) is 10.5. The highest BCUT2D eigenvalue weighted by Crippen LogP contribution is 2.33. The van der Waals surface area contributed by atoms with Gasteiger partial charge in [0.1, 0.15) is 5.82 Å². The van der Waals surface area contributed by atoms with Crippen molar-refractivity contribution in [3.63, 3.8) is 0 Å². The topological polar surface area (TPSA) is 106 Å². The maximum Gasteiger partial charge on any atom is 0.261 e. The van der Waals surface area contributed by atoms with Crippen LogP contribution in [0.2, 0.25) is 5.02 Å². The fourth-order valence-electron chi connectivity index (χ4n) is 3.32. The Morgan fingerprint density at radius 3 is 2.38 bits per heavy atom. The van der Waals surface area contributed by atoms with E-state index in [-0.39, 0.29) is 10.3 Å². The van der Waals surface area contributed by atoms with Crippen LogP contribution in [0.4, 0.5) is 5.69 Å². The smallest absolute Gasteiger partial charge is 0.261 e. The lowest BCUT2D eigenvalue weighted by atomic mass is 9.87. The summed E-state index contributed by atoms with van der Waals surface area (Å²) in [7, 11) is -3.85. The molecule has 4 aromatic rings. The molecule has 2 N–H and O–H groups in total. The Kier molecular flexibility index (Phi) is 5.56. The Hall–Kier alpha value is -3.17. The summed E-state index contributed by atoms with van der Waals surface area (Å²) in [5.74, 6) is 1.59. The normalized spacial score (nSPS) is 12.2. The molecule has 2 aromatic carbocycles. The van der Waals surface area contributed by atoms with E-state index in [9.17, 15) is 8.42 Å². The number of benzene rings is 2. The van der Waals surface area contributed by atoms with Crippen LogP contribution in [0.15, 0.2) is 59.6 Å². The third-order valence-electron chi connectivity index (χ3n) is 5.04. The van der Waals surface area contributed by atoms with Gasteiger partial charge in [0.05, 0.1) is 10.6 Å². The van der Waals surface area contributed by atoms with Crippen molar-refractivity contribution in [2.45, 2.75) is 38.0 Å². The first-order chi connectivity index (χ1) is 15.1. The van der Waals surface area contributed by atoms with Crippen molar-refractivity contribution >= 4 is 27.3 Å². The zero-order valence-corrected chi connectivity index (χ0v) is 19.7. The summed E-state index contributed by atoms with van der Waals surface area (Å²) in [4.78, 5) is 0.163. The summed E-state index contributed by atoms with van der Waals surface area (Å²) < 4.78 is 30.7. The van der Waals surface area contributed by atoms with Crippen molar-refractivity contribution in [3.8, 4) is 17.2 Å². The molecule has 166 valence electrons. The summed E-state index contributed by atoms with van der Waals surface area (Å²) in [6.07, 6.45) is 1.68. The standard InChI is InChI=1S/C22H23ClN6O2S/c1-14-25-27-21(29(14)20-11-12-24-26-20)18-13-16(23)7-10-19(18)28-32(30,31)17-8-5-15(6-9-17)22(2,3)4/h5-13,28H,1-4H3,(H,24,26). The molecule has 8 nitrogen and oxygen atoms in total. The Morgan fingerprint density at radius 2 is 1.75 bits per heavy atom. The number of nitrogens with one attached hydrogen (secondary N) is 2. The molecule has 2 heterocycles. The average molecular weight is 471 g/mol. The van der Waals surface area contributed by atoms with E-state index in [0.29, 0.717) is 33.7 Å². The van der Waals surface area contributed by atoms with E-state index in [1.54, 1.807) is 54.1 Å². The van der Waals surface area contributed by atoms with Crippen LogP contribution in [0.25, 0.3) is 17.2 Å². The molecule has 0 aliphatic rings. The molecule has 0 saturated carbocycles. The summed E-state index contributed by atoms with van der Waals surface area (Å²) >= 11 is 6.24. The number of hydrogen-bond donors (Lipinski definition) is 2. The van der Waals surface area contributed by atoms with E-state index in [4.69, 9.17) is 11.6 Å². The molecular formula is C22H23ClN6O2S. The van der Waals surface area contributed by atoms with E-state index in [2.05, 4.69) is 45.9 Å². The number of hydrogen-bond acceptors (Lipinski definition) is 5. The minimum Gasteiger partial charge on any atom is -0.284 e. The largest absolute Gasteiger partial charge is 0.284 e. The van der Waals surface area contributed by atoms with Gasteiger partial charge >= 0.3 is 0 Å². The zero-order chi connectivity index (χ0) is 23.1. The van der Waals surface area contributed by atoms with Crippen LogP contribution in [0, 0.1) is 6.92 Å². The molecule has 0 unspecified atom stereocenters. The highest BCUT2D eigenvalue weighted by molar-refractivity contribution is 7.92. The van der Waals surface area contributed by atoms with E-state index < -0.39 is 10.0 Å². The molecule has 10 heteroatoms. The number of H-pyrrole nitrogens is 1. The van der Waals surface area contributed by atoms with Crippen molar-refractivity contribution in [2.75, 3.05) is 4.72 Å². The number of anilines is 1. The Balaban J connectivity index is 1.76. The maximum atomic E-state index is 13.1. The first-order valence-electron chi connectivity index (χ1n) is 9.92. The van der Waals surface area contributed by atoms with Gasteiger partial charge in [-0.15, -0.1) is 10.2 Å². The van der Waals surface area contributed by atoms with Gasteiger partial charge in [0.2, 0.25) is 0 Å². The van der Waals surface area contributed by atoms with Gasteiger partial charge in [0.25, 0.3) is 10.0 Å². The summed E-state index contributed by atoms with van der Waals surface area (Å²) in [5, 5.41) is 15.8. The van der Waals surface area contributed by atoms with Gasteiger partial charge < -0.3 is 0 Å². The Morgan fingerprint density at radius 1 is 1.03 bits per heavy atom. The van der Waals surface area contributed by atoms with E-state index >= 15 is 0 Å². The molecule has 0 amide bonds. The zero-order valence-electron chi connectivity index (χ0n) is 18.1. The SMILES string of the molecule is Cc1nnc(-c2cc(Cl)ccc2NS(=O)(=O)c2ccc(C(C)(C)C)cc2)n1-c1cc[nH]n1. The van der Waals surface area contributed by atoms with Crippen LogP contribution < -0.4 is 4.72 Å². The first kappa shape index (κ1) is 22.0. The fourth-order valence-corrected chi connectivity index (χ4v) is 4.57. The van der Waals surface area contributed by atoms with Crippen molar-refractivity contribution < 1.29 is 8.42 Å². The van der Waals surface area contributed by atoms with Gasteiger partial charge in [-0.05, 0) is 48.2 Å². The summed E-state index contributed by atoms with van der Waals surface area (Å²) in [6, 6.07) is 13.5. The molecule has 32 heavy (non-hydrogen) atoms. The molecule has 0 aliphatic heterocycles. The van der Waals surface area contributed by atoms with Gasteiger partial charge in [0.15, 0.2) is 11.6 Å². The molecule has 0 atom stereocenters. The highest BCUT2D eigenvalue weighted by atomic mass is 35.5. The number of aryl methyl sites for hydroxylation is 1. The van der Waals surface area contributed by atoms with Gasteiger partial charge in [0, 0.05) is 22.8 Å². The predicted molar refractivity (Wildman–Crippen MR) is 125 cm³/mol. The quantitative estimate of drug-likeness (QED) is 0.439. The molecular weight excluding hydrogens is 448 g/mol. The Bertz CT molecular complexity index is 1350. The molecule has 0 fully saturated rings. The monoisotopic (exact) mass is 470 g/mol. The minimum atomic E-state index is -3.85.